The molecule has 31 heavy (non-hydrogen) atoms. The molecule has 8 heteroatoms. The lowest BCUT2D eigenvalue weighted by molar-refractivity contribution is 0.153. The quantitative estimate of drug-likeness (QED) is 0.485. The van der Waals surface area contributed by atoms with E-state index in [1.165, 1.54) is 37.1 Å². The van der Waals surface area contributed by atoms with E-state index in [2.05, 4.69) is 17.1 Å². The molecule has 0 aliphatic heterocycles. The summed E-state index contributed by atoms with van der Waals surface area (Å²) >= 11 is 0. The van der Waals surface area contributed by atoms with E-state index in [0.29, 0.717) is 47.1 Å². The van der Waals surface area contributed by atoms with Crippen LogP contribution in [0.15, 0.2) is 22.4 Å². The Morgan fingerprint density at radius 1 is 1.19 bits per heavy atom. The summed E-state index contributed by atoms with van der Waals surface area (Å²) < 4.78 is 11.7. The topological polar surface area (TPSA) is 116 Å². The number of rotatable bonds is 8. The zero-order valence-corrected chi connectivity index (χ0v) is 18.8. The van der Waals surface area contributed by atoms with Crippen LogP contribution in [0.3, 0.4) is 0 Å². The highest BCUT2D eigenvalue weighted by Gasteiger charge is 2.32. The molecule has 0 spiro atoms. The van der Waals surface area contributed by atoms with Gasteiger partial charge in [-0.25, -0.2) is 10.8 Å². The fourth-order valence-electron chi connectivity index (χ4n) is 4.21. The second kappa shape index (κ2) is 9.26. The lowest BCUT2D eigenvalue weighted by atomic mass is 9.98. The number of nitrogens with two attached hydrogens (primary N) is 2. The average molecular weight is 427 g/mol. The number of nitrogens with zero attached hydrogens (tertiary/aromatic N) is 4. The van der Waals surface area contributed by atoms with Gasteiger partial charge in [0.2, 0.25) is 5.89 Å². The predicted octanol–water partition coefficient (Wildman–Crippen LogP) is 3.67. The van der Waals surface area contributed by atoms with E-state index in [-0.39, 0.29) is 6.10 Å². The Bertz CT molecular complexity index is 928. The van der Waals surface area contributed by atoms with Crippen LogP contribution in [-0.2, 0) is 6.42 Å². The molecule has 2 heterocycles. The minimum atomic E-state index is 0.282. The molecule has 2 saturated carbocycles. The summed E-state index contributed by atoms with van der Waals surface area (Å²) in [5.41, 5.74) is 9.16. The smallest absolute Gasteiger partial charge is 0.229 e. The van der Waals surface area contributed by atoms with Gasteiger partial charge in [-0.15, -0.1) is 0 Å². The second-order valence-corrected chi connectivity index (χ2v) is 8.98. The first-order chi connectivity index (χ1) is 14.9. The van der Waals surface area contributed by atoms with Crippen LogP contribution >= 0.6 is 0 Å². The first-order valence-electron chi connectivity index (χ1n) is 11.4. The van der Waals surface area contributed by atoms with Gasteiger partial charge in [-0.3, -0.25) is 0 Å². The summed E-state index contributed by atoms with van der Waals surface area (Å²) in [6.07, 6.45) is 9.10. The standard InChI is InChI=1S/C23H34N6O2/c1-14(16-9-10-16)23-27-21(28-31-23)13-19(29(3)25)22(24)18-11-12-20(15(2)26-18)30-17-7-5-4-6-8-17/h11-12,14,16-17H,4-10,13,24-25H2,1-3H3/b22-19-. The van der Waals surface area contributed by atoms with Gasteiger partial charge in [-0.2, -0.15) is 4.98 Å². The second-order valence-electron chi connectivity index (χ2n) is 8.98. The highest BCUT2D eigenvalue weighted by atomic mass is 16.5. The Kier molecular flexibility index (Phi) is 6.46. The Morgan fingerprint density at radius 2 is 1.94 bits per heavy atom. The first-order valence-corrected chi connectivity index (χ1v) is 11.4. The molecule has 4 N–H and O–H groups in total. The molecule has 0 saturated heterocycles. The minimum absolute atomic E-state index is 0.282. The van der Waals surface area contributed by atoms with Crippen molar-refractivity contribution >= 4 is 5.70 Å². The van der Waals surface area contributed by atoms with E-state index < -0.39 is 0 Å². The van der Waals surface area contributed by atoms with Gasteiger partial charge in [0.05, 0.1) is 35.3 Å². The number of aromatic nitrogens is 3. The predicted molar refractivity (Wildman–Crippen MR) is 119 cm³/mol. The molecule has 2 aliphatic carbocycles. The highest BCUT2D eigenvalue weighted by molar-refractivity contribution is 5.63. The molecule has 2 fully saturated rings. The molecule has 168 valence electrons. The largest absolute Gasteiger partial charge is 0.489 e. The van der Waals surface area contributed by atoms with Gasteiger partial charge < -0.3 is 20.0 Å². The van der Waals surface area contributed by atoms with Crippen molar-refractivity contribution < 1.29 is 9.26 Å². The maximum atomic E-state index is 6.48. The number of pyridine rings is 1. The molecule has 1 atom stereocenters. The summed E-state index contributed by atoms with van der Waals surface area (Å²) in [7, 11) is 1.75. The van der Waals surface area contributed by atoms with Crippen molar-refractivity contribution in [2.24, 2.45) is 17.5 Å². The summed E-state index contributed by atoms with van der Waals surface area (Å²) in [6, 6.07) is 3.85. The fraction of sp³-hybridized carbons (Fsp3) is 0.609. The number of hydrogen-bond donors (Lipinski definition) is 2. The molecule has 1 unspecified atom stereocenters. The van der Waals surface area contributed by atoms with Crippen LogP contribution in [0.2, 0.25) is 0 Å². The average Bonchev–Trinajstić information content (AvgIpc) is 3.51. The summed E-state index contributed by atoms with van der Waals surface area (Å²) in [6.45, 7) is 4.09. The molecule has 0 radical (unpaired) electrons. The molecule has 2 aromatic heterocycles. The third kappa shape index (κ3) is 5.18. The number of hydrazine groups is 1. The molecule has 0 aromatic carbocycles. The number of hydrogen-bond acceptors (Lipinski definition) is 8. The van der Waals surface area contributed by atoms with Gasteiger partial charge in [0.25, 0.3) is 0 Å². The number of likely N-dealkylation sites (N-methyl/N-ethyl adjacent to an activating group) is 1. The fourth-order valence-corrected chi connectivity index (χ4v) is 4.21. The maximum absolute atomic E-state index is 6.48. The van der Waals surface area contributed by atoms with E-state index in [1.807, 2.05) is 19.1 Å². The van der Waals surface area contributed by atoms with Crippen LogP contribution in [0.1, 0.15) is 80.9 Å². The van der Waals surface area contributed by atoms with Crippen LogP contribution in [0.4, 0.5) is 0 Å². The van der Waals surface area contributed by atoms with Crippen LogP contribution in [0.5, 0.6) is 5.75 Å². The zero-order chi connectivity index (χ0) is 22.0. The molecular formula is C23H34N6O2. The zero-order valence-electron chi connectivity index (χ0n) is 18.8. The maximum Gasteiger partial charge on any atom is 0.229 e. The van der Waals surface area contributed by atoms with E-state index in [9.17, 15) is 0 Å². The van der Waals surface area contributed by atoms with Crippen molar-refractivity contribution in [1.82, 2.24) is 20.1 Å². The van der Waals surface area contributed by atoms with Gasteiger partial charge >= 0.3 is 0 Å². The van der Waals surface area contributed by atoms with Crippen molar-refractivity contribution in [3.8, 4) is 5.75 Å². The SMILES string of the molecule is Cc1nc(/C(N)=C(\Cc2noc(C(C)C3CC3)n2)N(C)N)ccc1OC1CCCCC1. The van der Waals surface area contributed by atoms with Crippen LogP contribution in [0.25, 0.3) is 5.70 Å². The number of aryl methyl sites for hydroxylation is 1. The van der Waals surface area contributed by atoms with Gasteiger partial charge in [-0.05, 0) is 63.5 Å². The summed E-state index contributed by atoms with van der Waals surface area (Å²) in [4.78, 5) is 9.27. The van der Waals surface area contributed by atoms with Gasteiger partial charge in [0.1, 0.15) is 5.75 Å². The van der Waals surface area contributed by atoms with E-state index in [1.54, 1.807) is 7.05 Å². The van der Waals surface area contributed by atoms with E-state index in [0.717, 1.165) is 24.3 Å². The monoisotopic (exact) mass is 426 g/mol. The lowest BCUT2D eigenvalue weighted by Crippen LogP contribution is -2.29. The highest BCUT2D eigenvalue weighted by Crippen LogP contribution is 2.41. The van der Waals surface area contributed by atoms with Crippen molar-refractivity contribution in [2.75, 3.05) is 7.05 Å². The molecular weight excluding hydrogens is 392 g/mol. The Balaban J connectivity index is 1.51. The molecule has 4 rings (SSSR count). The van der Waals surface area contributed by atoms with Crippen molar-refractivity contribution in [2.45, 2.75) is 77.2 Å². The third-order valence-electron chi connectivity index (χ3n) is 6.42. The van der Waals surface area contributed by atoms with Gasteiger partial charge in [0.15, 0.2) is 5.82 Å². The molecule has 0 bridgehead atoms. The van der Waals surface area contributed by atoms with E-state index >= 15 is 0 Å². The minimum Gasteiger partial charge on any atom is -0.489 e. The third-order valence-corrected chi connectivity index (χ3v) is 6.42. The first kappa shape index (κ1) is 21.6. The summed E-state index contributed by atoms with van der Waals surface area (Å²) in [5.74, 6) is 9.14. The molecule has 2 aliphatic rings. The number of ether oxygens (including phenoxy) is 1. The Labute approximate surface area is 184 Å². The Hall–Kier alpha value is -2.61. The Morgan fingerprint density at radius 3 is 2.58 bits per heavy atom. The van der Waals surface area contributed by atoms with Crippen LogP contribution < -0.4 is 16.3 Å². The van der Waals surface area contributed by atoms with Crippen molar-refractivity contribution in [1.29, 1.82) is 0 Å². The van der Waals surface area contributed by atoms with E-state index in [4.69, 9.17) is 25.8 Å². The summed E-state index contributed by atoms with van der Waals surface area (Å²) in [5, 5.41) is 5.64. The van der Waals surface area contributed by atoms with Crippen LogP contribution in [-0.4, -0.2) is 33.3 Å². The molecule has 2 aromatic rings. The molecule has 8 nitrogen and oxygen atoms in total. The van der Waals surface area contributed by atoms with Gasteiger partial charge in [0, 0.05) is 13.0 Å². The van der Waals surface area contributed by atoms with Gasteiger partial charge in [-0.1, -0.05) is 18.5 Å². The number of allylic oxidation sites excluding steroid dienone is 1. The molecule has 0 amide bonds. The van der Waals surface area contributed by atoms with Crippen LogP contribution in [0, 0.1) is 12.8 Å². The van der Waals surface area contributed by atoms with Crippen molar-refractivity contribution in [3.63, 3.8) is 0 Å². The lowest BCUT2D eigenvalue weighted by Gasteiger charge is -2.24. The normalized spacial score (nSPS) is 19.1. The van der Waals surface area contributed by atoms with Crippen molar-refractivity contribution in [3.05, 3.63) is 40.9 Å².